The van der Waals surface area contributed by atoms with E-state index >= 15 is 0 Å². The van der Waals surface area contributed by atoms with Gasteiger partial charge in [0.25, 0.3) is 0 Å². The van der Waals surface area contributed by atoms with Gasteiger partial charge >= 0.3 is 0 Å². The number of nitrogens with one attached hydrogen (secondary N) is 2. The van der Waals surface area contributed by atoms with Crippen molar-refractivity contribution in [2.45, 2.75) is 80.3 Å². The number of aromatic nitrogens is 4. The van der Waals surface area contributed by atoms with Crippen LogP contribution < -0.4 is 10.6 Å². The molecule has 0 saturated carbocycles. The molecule has 2 aromatic heterocycles. The molecular weight excluding hydrogens is 572 g/mol. The highest BCUT2D eigenvalue weighted by atomic mass is 16.2. The molecule has 0 saturated heterocycles. The number of rotatable bonds is 13. The lowest BCUT2D eigenvalue weighted by Crippen LogP contribution is -2.34. The maximum absolute atomic E-state index is 12.6. The molecule has 8 nitrogen and oxygen atoms in total. The summed E-state index contributed by atoms with van der Waals surface area (Å²) >= 11 is 0. The number of carbonyl (C=O) groups excluding carboxylic acids is 2. The van der Waals surface area contributed by atoms with E-state index in [0.29, 0.717) is 24.7 Å². The number of benzene rings is 2. The average molecular weight is 625 g/mol. The van der Waals surface area contributed by atoms with Crippen molar-refractivity contribution < 1.29 is 9.59 Å². The lowest BCUT2D eigenvalue weighted by Gasteiger charge is -2.22. The van der Waals surface area contributed by atoms with Crippen molar-refractivity contribution in [3.05, 3.63) is 72.6 Å². The van der Waals surface area contributed by atoms with Crippen molar-refractivity contribution in [3.63, 3.8) is 0 Å². The molecule has 4 aromatic rings. The second-order valence-electron chi connectivity index (χ2n) is 14.1. The summed E-state index contributed by atoms with van der Waals surface area (Å²) in [5.41, 5.74) is 6.05. The zero-order chi connectivity index (χ0) is 33.7. The zero-order valence-corrected chi connectivity index (χ0v) is 29.3. The third-order valence-corrected chi connectivity index (χ3v) is 8.23. The molecule has 2 heterocycles. The molecule has 46 heavy (non-hydrogen) atoms. The molecule has 0 aliphatic carbocycles. The fraction of sp³-hybridized carbons (Fsp3) is 0.474. The number of aryl methyl sites for hydroxylation is 2. The van der Waals surface area contributed by atoms with E-state index in [-0.39, 0.29) is 35.7 Å². The third-order valence-electron chi connectivity index (χ3n) is 8.23. The minimum absolute atomic E-state index is 0.0578. The first-order valence-electron chi connectivity index (χ1n) is 16.6. The van der Waals surface area contributed by atoms with E-state index < -0.39 is 0 Å². The summed E-state index contributed by atoms with van der Waals surface area (Å²) in [5, 5.41) is 6.40. The first kappa shape index (κ1) is 34.7. The van der Waals surface area contributed by atoms with Gasteiger partial charge in [-0.05, 0) is 34.8 Å². The van der Waals surface area contributed by atoms with Gasteiger partial charge in [0.1, 0.15) is 11.6 Å². The monoisotopic (exact) mass is 624 g/mol. The van der Waals surface area contributed by atoms with Crippen LogP contribution in [0.15, 0.2) is 60.9 Å². The maximum Gasteiger partial charge on any atom is 0.220 e. The van der Waals surface area contributed by atoms with Crippen LogP contribution >= 0.6 is 0 Å². The lowest BCUT2D eigenvalue weighted by molar-refractivity contribution is -0.123. The molecule has 8 heteroatoms. The van der Waals surface area contributed by atoms with Gasteiger partial charge in [0, 0.05) is 50.5 Å². The molecule has 4 rings (SSSR count). The van der Waals surface area contributed by atoms with Gasteiger partial charge in [-0.1, -0.05) is 104 Å². The Kier molecular flexibility index (Phi) is 11.3. The third kappa shape index (κ3) is 8.53. The second kappa shape index (κ2) is 14.9. The lowest BCUT2D eigenvalue weighted by atomic mass is 10.0. The van der Waals surface area contributed by atoms with E-state index in [9.17, 15) is 9.59 Å². The molecular formula is C38H52N6O2. The number of amides is 2. The van der Waals surface area contributed by atoms with E-state index in [1.165, 1.54) is 0 Å². The molecule has 2 N–H and O–H groups in total. The SMILES string of the molecule is CC(C)CC(=O)N[C@H](c1nc(-c2ccc(-c3ccc(-c4cn(C)c([C@@H](NC(=O)CC(C)C)C(C)C)n4)cc3)cc2)cn1C)C(C)C. The second-order valence-corrected chi connectivity index (χ2v) is 14.1. The summed E-state index contributed by atoms with van der Waals surface area (Å²) in [7, 11) is 3.98. The topological polar surface area (TPSA) is 93.8 Å². The van der Waals surface area contributed by atoms with Gasteiger partial charge in [-0.2, -0.15) is 0 Å². The van der Waals surface area contributed by atoms with Gasteiger partial charge in [-0.25, -0.2) is 9.97 Å². The number of hydrogen-bond donors (Lipinski definition) is 2. The molecule has 0 spiro atoms. The molecule has 0 unspecified atom stereocenters. The van der Waals surface area contributed by atoms with Crippen LogP contribution in [0.3, 0.4) is 0 Å². The number of imidazole rings is 2. The Labute approximate surface area is 275 Å². The van der Waals surface area contributed by atoms with Gasteiger partial charge in [0.05, 0.1) is 23.5 Å². The Morgan fingerprint density at radius 2 is 0.870 bits per heavy atom. The van der Waals surface area contributed by atoms with Gasteiger partial charge in [-0.15, -0.1) is 0 Å². The maximum atomic E-state index is 12.6. The van der Waals surface area contributed by atoms with Crippen LogP contribution in [0, 0.1) is 23.7 Å². The summed E-state index contributed by atoms with van der Waals surface area (Å²) in [6.07, 6.45) is 5.07. The van der Waals surface area contributed by atoms with Crippen LogP contribution in [-0.4, -0.2) is 30.9 Å². The number of hydrogen-bond acceptors (Lipinski definition) is 4. The van der Waals surface area contributed by atoms with Crippen LogP contribution in [0.4, 0.5) is 0 Å². The summed E-state index contributed by atoms with van der Waals surface area (Å²) in [5.74, 6) is 2.86. The van der Waals surface area contributed by atoms with Crippen LogP contribution in [-0.2, 0) is 23.7 Å². The highest BCUT2D eigenvalue weighted by Crippen LogP contribution is 2.30. The Morgan fingerprint density at radius 3 is 1.15 bits per heavy atom. The summed E-state index contributed by atoms with van der Waals surface area (Å²) < 4.78 is 4.04. The molecule has 0 aliphatic heterocycles. The highest BCUT2D eigenvalue weighted by molar-refractivity contribution is 5.77. The Balaban J connectivity index is 1.50. The predicted octanol–water partition coefficient (Wildman–Crippen LogP) is 7.87. The fourth-order valence-electron chi connectivity index (χ4n) is 5.75. The largest absolute Gasteiger partial charge is 0.346 e. The molecule has 0 aliphatic rings. The number of nitrogens with zero attached hydrogens (tertiary/aromatic N) is 4. The van der Waals surface area contributed by atoms with E-state index in [2.05, 4.69) is 115 Å². The summed E-state index contributed by atoms with van der Waals surface area (Å²) in [6.45, 7) is 16.7. The molecule has 0 fully saturated rings. The van der Waals surface area contributed by atoms with Gasteiger partial charge < -0.3 is 19.8 Å². The quantitative estimate of drug-likeness (QED) is 0.158. The highest BCUT2D eigenvalue weighted by Gasteiger charge is 2.25. The van der Waals surface area contributed by atoms with Gasteiger partial charge in [0.15, 0.2) is 0 Å². The smallest absolute Gasteiger partial charge is 0.220 e. The Bertz CT molecular complexity index is 1490. The number of carbonyl (C=O) groups is 2. The first-order chi connectivity index (χ1) is 21.7. The summed E-state index contributed by atoms with van der Waals surface area (Å²) in [6, 6.07) is 16.6. The molecule has 0 bridgehead atoms. The minimum atomic E-state index is -0.155. The summed E-state index contributed by atoms with van der Waals surface area (Å²) in [4.78, 5) is 35.1. The Hall–Kier alpha value is -4.20. The van der Waals surface area contributed by atoms with Crippen molar-refractivity contribution in [1.29, 1.82) is 0 Å². The normalized spacial score (nSPS) is 13.1. The van der Waals surface area contributed by atoms with E-state index in [1.807, 2.05) is 35.6 Å². The molecule has 0 radical (unpaired) electrons. The van der Waals surface area contributed by atoms with Crippen LogP contribution in [0.1, 0.15) is 92.0 Å². The van der Waals surface area contributed by atoms with Crippen molar-refractivity contribution in [1.82, 2.24) is 29.7 Å². The molecule has 2 aromatic carbocycles. The fourth-order valence-corrected chi connectivity index (χ4v) is 5.75. The zero-order valence-electron chi connectivity index (χ0n) is 29.3. The Morgan fingerprint density at radius 1 is 0.565 bits per heavy atom. The minimum Gasteiger partial charge on any atom is -0.346 e. The van der Waals surface area contributed by atoms with Crippen LogP contribution in [0.5, 0.6) is 0 Å². The van der Waals surface area contributed by atoms with E-state index in [1.54, 1.807) is 0 Å². The molecule has 2 amide bonds. The van der Waals surface area contributed by atoms with Crippen molar-refractivity contribution in [2.75, 3.05) is 0 Å². The standard InChI is InChI=1S/C38H52N6O2/c1-23(2)19-33(45)41-35(25(5)6)37-39-31(21-43(37)9)29-15-11-27(12-16-29)28-13-17-30(18-14-28)32-22-44(10)38(40-32)36(26(7)8)42-34(46)20-24(3)4/h11-18,21-26,35-36H,19-20H2,1-10H3,(H,41,45)(H,42,46)/t35-,36-/m0/s1. The van der Waals surface area contributed by atoms with Crippen molar-refractivity contribution in [2.24, 2.45) is 37.8 Å². The van der Waals surface area contributed by atoms with E-state index in [0.717, 1.165) is 45.3 Å². The van der Waals surface area contributed by atoms with Crippen molar-refractivity contribution in [3.8, 4) is 33.6 Å². The first-order valence-corrected chi connectivity index (χ1v) is 16.6. The van der Waals surface area contributed by atoms with Crippen molar-refractivity contribution >= 4 is 11.8 Å². The van der Waals surface area contributed by atoms with Gasteiger partial charge in [0.2, 0.25) is 11.8 Å². The van der Waals surface area contributed by atoms with E-state index in [4.69, 9.17) is 9.97 Å². The average Bonchev–Trinajstić information content (AvgIpc) is 3.56. The molecule has 246 valence electrons. The van der Waals surface area contributed by atoms with Crippen LogP contribution in [0.2, 0.25) is 0 Å². The molecule has 2 atom stereocenters. The van der Waals surface area contributed by atoms with Gasteiger partial charge in [-0.3, -0.25) is 9.59 Å². The predicted molar refractivity (Wildman–Crippen MR) is 187 cm³/mol. The van der Waals surface area contributed by atoms with Crippen LogP contribution in [0.25, 0.3) is 33.6 Å².